The average molecular weight is 399 g/mol. The molecule has 154 valence electrons. The quantitative estimate of drug-likeness (QED) is 0.750. The van der Waals surface area contributed by atoms with Crippen LogP contribution >= 0.6 is 0 Å². The Labute approximate surface area is 168 Å². The fourth-order valence-corrected chi connectivity index (χ4v) is 4.19. The molecule has 2 aliphatic rings. The number of amides is 2. The van der Waals surface area contributed by atoms with Crippen molar-refractivity contribution < 1.29 is 19.1 Å². The lowest BCUT2D eigenvalue weighted by molar-refractivity contribution is -0.126. The van der Waals surface area contributed by atoms with E-state index in [9.17, 15) is 14.7 Å². The number of aromatic nitrogens is 2. The van der Waals surface area contributed by atoms with E-state index in [1.165, 1.54) is 12.6 Å². The molecule has 2 N–H and O–H groups in total. The van der Waals surface area contributed by atoms with Crippen molar-refractivity contribution in [2.75, 3.05) is 19.6 Å². The third-order valence-corrected chi connectivity index (χ3v) is 5.67. The second-order valence-electron chi connectivity index (χ2n) is 7.57. The average Bonchev–Trinajstić information content (AvgIpc) is 3.42. The van der Waals surface area contributed by atoms with Crippen LogP contribution in [0.5, 0.6) is 0 Å². The van der Waals surface area contributed by atoms with Gasteiger partial charge in [0.2, 0.25) is 11.7 Å². The summed E-state index contributed by atoms with van der Waals surface area (Å²) in [5.41, 5.74) is 0.935. The zero-order valence-corrected chi connectivity index (χ0v) is 16.1. The van der Waals surface area contributed by atoms with Gasteiger partial charge in [-0.15, -0.1) is 0 Å². The highest BCUT2D eigenvalue weighted by atomic mass is 16.3. The molecule has 9 nitrogen and oxygen atoms in total. The molecule has 2 saturated heterocycles. The number of aliphatic hydroxyl groups is 1. The topological polar surface area (TPSA) is 112 Å². The number of β-amino-alcohol motifs (C(OH)–C–C–N with tert-alkyl or cyclic N) is 1. The lowest BCUT2D eigenvalue weighted by atomic mass is 10.0. The minimum absolute atomic E-state index is 0.0782. The number of carbonyl (C=O) groups is 2. The van der Waals surface area contributed by atoms with Gasteiger partial charge in [-0.1, -0.05) is 6.07 Å². The monoisotopic (exact) mass is 399 g/mol. The molecule has 0 bridgehead atoms. The number of nitrogens with zero attached hydrogens (tertiary/aromatic N) is 4. The minimum atomic E-state index is -0.516. The number of likely N-dealkylation sites (tertiary alicyclic amines) is 2. The lowest BCUT2D eigenvalue weighted by Gasteiger charge is -2.38. The van der Waals surface area contributed by atoms with Gasteiger partial charge in [-0.3, -0.25) is 19.5 Å². The molecule has 0 spiro atoms. The maximum Gasteiger partial charge on any atom is 0.291 e. The van der Waals surface area contributed by atoms with Crippen LogP contribution in [0.4, 0.5) is 0 Å². The van der Waals surface area contributed by atoms with Crippen molar-refractivity contribution in [1.29, 1.82) is 0 Å². The van der Waals surface area contributed by atoms with Crippen LogP contribution in [-0.4, -0.2) is 74.5 Å². The fourth-order valence-electron chi connectivity index (χ4n) is 4.19. The zero-order chi connectivity index (χ0) is 20.2. The molecule has 2 fully saturated rings. The van der Waals surface area contributed by atoms with Gasteiger partial charge in [-0.2, -0.15) is 0 Å². The van der Waals surface area contributed by atoms with Crippen molar-refractivity contribution in [3.8, 4) is 0 Å². The van der Waals surface area contributed by atoms with Crippen molar-refractivity contribution in [3.05, 3.63) is 48.4 Å². The number of nitrogens with one attached hydrogen (secondary N) is 1. The number of piperidine rings is 1. The summed E-state index contributed by atoms with van der Waals surface area (Å²) in [5.74, 6) is 0.00596. The van der Waals surface area contributed by atoms with Crippen molar-refractivity contribution in [1.82, 2.24) is 25.1 Å². The predicted molar refractivity (Wildman–Crippen MR) is 103 cm³/mol. The fraction of sp³-hybridized carbons (Fsp3) is 0.500. The summed E-state index contributed by atoms with van der Waals surface area (Å²) < 4.78 is 5.10. The van der Waals surface area contributed by atoms with Crippen LogP contribution in [0.25, 0.3) is 0 Å². The molecule has 2 aromatic rings. The Morgan fingerprint density at radius 1 is 1.24 bits per heavy atom. The molecule has 29 heavy (non-hydrogen) atoms. The third kappa shape index (κ3) is 4.46. The Kier molecular flexibility index (Phi) is 5.86. The first-order chi connectivity index (χ1) is 14.1. The van der Waals surface area contributed by atoms with E-state index in [1.807, 2.05) is 12.1 Å². The molecule has 4 heterocycles. The van der Waals surface area contributed by atoms with Crippen molar-refractivity contribution in [2.45, 2.75) is 44.0 Å². The zero-order valence-electron chi connectivity index (χ0n) is 16.1. The minimum Gasteiger partial charge on any atom is -0.438 e. The Balaban J connectivity index is 1.33. The normalized spacial score (nSPS) is 23.3. The Morgan fingerprint density at radius 2 is 2.07 bits per heavy atom. The highest BCUT2D eigenvalue weighted by Crippen LogP contribution is 2.27. The van der Waals surface area contributed by atoms with Crippen LogP contribution in [-0.2, 0) is 11.3 Å². The maximum absolute atomic E-state index is 12.8. The SMILES string of the molecule is O=C(NCc1cccnc1)[C@@H]1C[C@@H](O)CN1C1CCN(C(=O)c2cnco2)CC1. The van der Waals surface area contributed by atoms with Crippen LogP contribution in [0.1, 0.15) is 35.4 Å². The van der Waals surface area contributed by atoms with E-state index in [0.717, 1.165) is 18.4 Å². The number of hydrogen-bond acceptors (Lipinski definition) is 7. The van der Waals surface area contributed by atoms with Gasteiger partial charge in [0, 0.05) is 44.6 Å². The van der Waals surface area contributed by atoms with Crippen LogP contribution in [0.2, 0.25) is 0 Å². The number of pyridine rings is 1. The molecule has 2 aliphatic heterocycles. The molecule has 2 atom stereocenters. The van der Waals surface area contributed by atoms with Gasteiger partial charge >= 0.3 is 0 Å². The summed E-state index contributed by atoms with van der Waals surface area (Å²) in [5, 5.41) is 13.1. The van der Waals surface area contributed by atoms with E-state index in [1.54, 1.807) is 17.3 Å². The Morgan fingerprint density at radius 3 is 2.76 bits per heavy atom. The largest absolute Gasteiger partial charge is 0.438 e. The summed E-state index contributed by atoms with van der Waals surface area (Å²) in [6.07, 6.45) is 7.50. The number of carbonyl (C=O) groups excluding carboxylic acids is 2. The second-order valence-corrected chi connectivity index (χ2v) is 7.57. The standard InChI is InChI=1S/C20H25N5O4/c26-16-8-17(19(27)23-10-14-2-1-5-21-9-14)25(12-16)15-3-6-24(7-4-15)20(28)18-11-22-13-29-18/h1-2,5,9,11,13,15-17,26H,3-4,6-8,10,12H2,(H,23,27)/t16-,17+/m1/s1. The summed E-state index contributed by atoms with van der Waals surface area (Å²) in [7, 11) is 0. The van der Waals surface area contributed by atoms with E-state index in [0.29, 0.717) is 32.6 Å². The van der Waals surface area contributed by atoms with E-state index in [-0.39, 0.29) is 29.7 Å². The highest BCUT2D eigenvalue weighted by molar-refractivity contribution is 5.91. The number of hydrogen-bond donors (Lipinski definition) is 2. The summed E-state index contributed by atoms with van der Waals surface area (Å²) in [6, 6.07) is 3.54. The van der Waals surface area contributed by atoms with E-state index in [2.05, 4.69) is 20.2 Å². The molecule has 0 radical (unpaired) electrons. The lowest BCUT2D eigenvalue weighted by Crippen LogP contribution is -2.52. The summed E-state index contributed by atoms with van der Waals surface area (Å²) >= 11 is 0. The molecular weight excluding hydrogens is 374 g/mol. The molecule has 0 aromatic carbocycles. The summed E-state index contributed by atoms with van der Waals surface area (Å²) in [6.45, 7) is 2.06. The van der Waals surface area contributed by atoms with Gasteiger partial charge in [-0.25, -0.2) is 4.98 Å². The molecular formula is C20H25N5O4. The predicted octanol–water partition coefficient (Wildman–Crippen LogP) is 0.426. The van der Waals surface area contributed by atoms with Crippen LogP contribution in [0, 0.1) is 0 Å². The molecule has 2 aromatic heterocycles. The number of rotatable bonds is 5. The van der Waals surface area contributed by atoms with Gasteiger partial charge in [0.25, 0.3) is 5.91 Å². The van der Waals surface area contributed by atoms with Gasteiger partial charge in [-0.05, 0) is 30.9 Å². The van der Waals surface area contributed by atoms with Crippen LogP contribution < -0.4 is 5.32 Å². The van der Waals surface area contributed by atoms with Crippen molar-refractivity contribution in [3.63, 3.8) is 0 Å². The molecule has 4 rings (SSSR count). The molecule has 0 aliphatic carbocycles. The van der Waals surface area contributed by atoms with Gasteiger partial charge in [0.15, 0.2) is 6.39 Å². The third-order valence-electron chi connectivity index (χ3n) is 5.67. The number of oxazole rings is 1. The Hall–Kier alpha value is -2.78. The highest BCUT2D eigenvalue weighted by Gasteiger charge is 2.41. The second kappa shape index (κ2) is 8.71. The number of aliphatic hydroxyl groups excluding tert-OH is 1. The maximum atomic E-state index is 12.8. The van der Waals surface area contributed by atoms with Crippen LogP contribution in [0.3, 0.4) is 0 Å². The smallest absolute Gasteiger partial charge is 0.291 e. The van der Waals surface area contributed by atoms with Gasteiger partial charge < -0.3 is 19.7 Å². The van der Waals surface area contributed by atoms with Crippen LogP contribution in [0.15, 0.2) is 41.5 Å². The summed E-state index contributed by atoms with van der Waals surface area (Å²) in [4.78, 5) is 36.9. The van der Waals surface area contributed by atoms with E-state index < -0.39 is 6.10 Å². The molecule has 0 unspecified atom stereocenters. The first-order valence-electron chi connectivity index (χ1n) is 9.90. The van der Waals surface area contributed by atoms with Crippen molar-refractivity contribution >= 4 is 11.8 Å². The van der Waals surface area contributed by atoms with E-state index in [4.69, 9.17) is 4.42 Å². The first kappa shape index (κ1) is 19.5. The van der Waals surface area contributed by atoms with Crippen molar-refractivity contribution in [2.24, 2.45) is 0 Å². The van der Waals surface area contributed by atoms with E-state index >= 15 is 0 Å². The molecule has 2 amide bonds. The van der Waals surface area contributed by atoms with Gasteiger partial charge in [0.1, 0.15) is 0 Å². The molecule has 0 saturated carbocycles. The van der Waals surface area contributed by atoms with Gasteiger partial charge in [0.05, 0.1) is 18.3 Å². The molecule has 9 heteroatoms. The Bertz CT molecular complexity index is 821. The first-order valence-corrected chi connectivity index (χ1v) is 9.90.